The van der Waals surface area contributed by atoms with Gasteiger partial charge in [0.05, 0.1) is 25.5 Å². The van der Waals surface area contributed by atoms with E-state index in [2.05, 4.69) is 11.3 Å². The summed E-state index contributed by atoms with van der Waals surface area (Å²) >= 11 is 0. The monoisotopic (exact) mass is 208 g/mol. The Morgan fingerprint density at radius 2 is 2.40 bits per heavy atom. The maximum Gasteiger partial charge on any atom is 0.0918 e. The Labute approximate surface area is 88.9 Å². The van der Waals surface area contributed by atoms with Crippen LogP contribution in [0, 0.1) is 5.92 Å². The van der Waals surface area contributed by atoms with Gasteiger partial charge >= 0.3 is 0 Å². The highest BCUT2D eigenvalue weighted by molar-refractivity contribution is 5.23. The normalized spacial score (nSPS) is 25.3. The van der Waals surface area contributed by atoms with Crippen molar-refractivity contribution in [3.63, 3.8) is 0 Å². The maximum absolute atomic E-state index is 9.22. The number of rotatable bonds is 3. The summed E-state index contributed by atoms with van der Waals surface area (Å²) in [5.74, 6) is 0.960. The summed E-state index contributed by atoms with van der Waals surface area (Å²) in [5.41, 5.74) is 2.20. The Hall–Kier alpha value is -0.870. The summed E-state index contributed by atoms with van der Waals surface area (Å²) in [7, 11) is 0. The molecular weight excluding hydrogens is 192 g/mol. The zero-order chi connectivity index (χ0) is 10.3. The predicted molar refractivity (Wildman–Crippen MR) is 54.4 cm³/mol. The van der Waals surface area contributed by atoms with Crippen LogP contribution in [0.5, 0.6) is 0 Å². The highest BCUT2D eigenvalue weighted by Crippen LogP contribution is 2.32. The lowest BCUT2D eigenvalue weighted by Gasteiger charge is -2.19. The van der Waals surface area contributed by atoms with Crippen molar-refractivity contribution in [3.05, 3.63) is 17.5 Å². The van der Waals surface area contributed by atoms with E-state index in [1.807, 2.05) is 4.68 Å². The van der Waals surface area contributed by atoms with Crippen molar-refractivity contribution in [1.82, 2.24) is 9.78 Å². The molecule has 0 radical (unpaired) electrons. The zero-order valence-corrected chi connectivity index (χ0v) is 8.72. The number of nitrogens with zero attached hydrogens (tertiary/aromatic N) is 2. The molecule has 0 spiro atoms. The standard InChI is InChI=1S/C11H16N2O2/c14-5-9-6-15-7-11-10(9)4-13(12-11)3-8-1-2-8/h4,8-9,14H,1-3,5-7H2. The summed E-state index contributed by atoms with van der Waals surface area (Å²) in [6, 6.07) is 0. The lowest BCUT2D eigenvalue weighted by molar-refractivity contribution is 0.0702. The molecule has 0 amide bonds. The fourth-order valence-corrected chi connectivity index (χ4v) is 2.13. The van der Waals surface area contributed by atoms with Crippen molar-refractivity contribution in [2.75, 3.05) is 13.2 Å². The van der Waals surface area contributed by atoms with Crippen molar-refractivity contribution in [2.45, 2.75) is 31.9 Å². The van der Waals surface area contributed by atoms with E-state index in [4.69, 9.17) is 4.74 Å². The summed E-state index contributed by atoms with van der Waals surface area (Å²) in [6.07, 6.45) is 4.77. The number of hydrogen-bond donors (Lipinski definition) is 1. The van der Waals surface area contributed by atoms with Crippen LogP contribution in [-0.2, 0) is 17.9 Å². The largest absolute Gasteiger partial charge is 0.396 e. The third-order valence-electron chi connectivity index (χ3n) is 3.23. The first-order valence-corrected chi connectivity index (χ1v) is 5.61. The van der Waals surface area contributed by atoms with Crippen LogP contribution in [0.2, 0.25) is 0 Å². The molecule has 4 heteroatoms. The number of fused-ring (bicyclic) bond motifs is 1. The van der Waals surface area contributed by atoms with E-state index in [-0.39, 0.29) is 12.5 Å². The van der Waals surface area contributed by atoms with Gasteiger partial charge in [-0.2, -0.15) is 5.10 Å². The Morgan fingerprint density at radius 1 is 1.53 bits per heavy atom. The maximum atomic E-state index is 9.22. The van der Waals surface area contributed by atoms with Crippen LogP contribution in [-0.4, -0.2) is 28.1 Å². The van der Waals surface area contributed by atoms with Crippen molar-refractivity contribution >= 4 is 0 Å². The second kappa shape index (κ2) is 3.61. The van der Waals surface area contributed by atoms with E-state index in [1.54, 1.807) is 0 Å². The third-order valence-corrected chi connectivity index (χ3v) is 3.23. The van der Waals surface area contributed by atoms with Crippen LogP contribution in [0.25, 0.3) is 0 Å². The topological polar surface area (TPSA) is 47.3 Å². The van der Waals surface area contributed by atoms with E-state index in [0.29, 0.717) is 13.2 Å². The number of ether oxygens (including phenoxy) is 1. The van der Waals surface area contributed by atoms with E-state index in [9.17, 15) is 5.11 Å². The zero-order valence-electron chi connectivity index (χ0n) is 8.72. The molecule has 15 heavy (non-hydrogen) atoms. The van der Waals surface area contributed by atoms with Crippen molar-refractivity contribution in [2.24, 2.45) is 5.92 Å². The Bertz CT molecular complexity index is 357. The van der Waals surface area contributed by atoms with Crippen LogP contribution in [0.15, 0.2) is 6.20 Å². The predicted octanol–water partition coefficient (Wildman–Crippen LogP) is 0.899. The van der Waals surface area contributed by atoms with Gasteiger partial charge in [-0.3, -0.25) is 4.68 Å². The van der Waals surface area contributed by atoms with Gasteiger partial charge in [0.1, 0.15) is 0 Å². The Balaban J connectivity index is 1.83. The van der Waals surface area contributed by atoms with Gasteiger partial charge in [0.25, 0.3) is 0 Å². The van der Waals surface area contributed by atoms with Crippen molar-refractivity contribution in [3.8, 4) is 0 Å². The van der Waals surface area contributed by atoms with Gasteiger partial charge in [0, 0.05) is 24.2 Å². The van der Waals surface area contributed by atoms with E-state index in [1.165, 1.54) is 18.4 Å². The molecule has 1 aromatic rings. The molecule has 4 nitrogen and oxygen atoms in total. The molecule has 2 aliphatic rings. The fraction of sp³-hybridized carbons (Fsp3) is 0.727. The molecule has 0 saturated heterocycles. The minimum absolute atomic E-state index is 0.127. The molecular formula is C11H16N2O2. The lowest BCUT2D eigenvalue weighted by atomic mass is 10.00. The molecule has 0 bridgehead atoms. The average Bonchev–Trinajstić information content (AvgIpc) is 2.95. The quantitative estimate of drug-likeness (QED) is 0.802. The first-order chi connectivity index (χ1) is 7.36. The Kier molecular flexibility index (Phi) is 2.25. The molecule has 1 atom stereocenters. The Morgan fingerprint density at radius 3 is 3.13 bits per heavy atom. The first kappa shape index (κ1) is 9.36. The summed E-state index contributed by atoms with van der Waals surface area (Å²) < 4.78 is 7.43. The van der Waals surface area contributed by atoms with Gasteiger partial charge in [0.15, 0.2) is 0 Å². The second-order valence-electron chi connectivity index (χ2n) is 4.59. The highest BCUT2D eigenvalue weighted by atomic mass is 16.5. The number of hydrogen-bond acceptors (Lipinski definition) is 3. The number of aliphatic hydroxyl groups is 1. The molecule has 2 heterocycles. The molecule has 82 valence electrons. The SMILES string of the molecule is OCC1COCc2nn(CC3CC3)cc21. The van der Waals surface area contributed by atoms with Crippen LogP contribution < -0.4 is 0 Å². The van der Waals surface area contributed by atoms with E-state index >= 15 is 0 Å². The second-order valence-corrected chi connectivity index (χ2v) is 4.59. The van der Waals surface area contributed by atoms with Gasteiger partial charge in [-0.05, 0) is 18.8 Å². The van der Waals surface area contributed by atoms with Crippen LogP contribution in [0.4, 0.5) is 0 Å². The molecule has 3 rings (SSSR count). The molecule has 1 unspecified atom stereocenters. The summed E-state index contributed by atoms with van der Waals surface area (Å²) in [5, 5.41) is 13.7. The van der Waals surface area contributed by atoms with E-state index < -0.39 is 0 Å². The van der Waals surface area contributed by atoms with Gasteiger partial charge < -0.3 is 9.84 Å². The van der Waals surface area contributed by atoms with Crippen molar-refractivity contribution in [1.29, 1.82) is 0 Å². The lowest BCUT2D eigenvalue weighted by Crippen LogP contribution is -2.18. The molecule has 1 fully saturated rings. The molecule has 1 N–H and O–H groups in total. The molecule has 1 aromatic heterocycles. The minimum Gasteiger partial charge on any atom is -0.396 e. The van der Waals surface area contributed by atoms with Gasteiger partial charge in [-0.15, -0.1) is 0 Å². The van der Waals surface area contributed by atoms with Gasteiger partial charge in [-0.25, -0.2) is 0 Å². The highest BCUT2D eigenvalue weighted by Gasteiger charge is 2.26. The van der Waals surface area contributed by atoms with Crippen LogP contribution >= 0.6 is 0 Å². The fourth-order valence-electron chi connectivity index (χ4n) is 2.13. The van der Waals surface area contributed by atoms with Crippen LogP contribution in [0.3, 0.4) is 0 Å². The smallest absolute Gasteiger partial charge is 0.0918 e. The van der Waals surface area contributed by atoms with E-state index in [0.717, 1.165) is 18.2 Å². The average molecular weight is 208 g/mol. The summed E-state index contributed by atoms with van der Waals surface area (Å²) in [6.45, 7) is 2.41. The first-order valence-electron chi connectivity index (χ1n) is 5.61. The number of aliphatic hydroxyl groups excluding tert-OH is 1. The third kappa shape index (κ3) is 1.79. The van der Waals surface area contributed by atoms with Gasteiger partial charge in [-0.1, -0.05) is 0 Å². The molecule has 0 aromatic carbocycles. The molecule has 1 aliphatic heterocycles. The molecule has 1 saturated carbocycles. The minimum atomic E-state index is 0.127. The van der Waals surface area contributed by atoms with Crippen LogP contribution in [0.1, 0.15) is 30.0 Å². The summed E-state index contributed by atoms with van der Waals surface area (Å²) in [4.78, 5) is 0. The molecule has 1 aliphatic carbocycles. The van der Waals surface area contributed by atoms with Gasteiger partial charge in [0.2, 0.25) is 0 Å². The number of aromatic nitrogens is 2. The van der Waals surface area contributed by atoms with Crippen molar-refractivity contribution < 1.29 is 9.84 Å².